The van der Waals surface area contributed by atoms with Crippen LogP contribution in [0.2, 0.25) is 0 Å². The number of carbonyl (C=O) groups is 2. The Morgan fingerprint density at radius 2 is 1.67 bits per heavy atom. The largest absolute Gasteiger partial charge is 0.345 e. The molecule has 0 aliphatic rings. The monoisotopic (exact) mass is 364 g/mol. The normalized spacial score (nSPS) is 11.4. The standard InChI is InChI=1S/C21H24N4O2/c1-4-14-22-20(26)25-19-9-7-6-8-18(19)16-10-12-17(13-11-16)24-21(27)23-15(3)5-2/h6-14H,4-5H2,1-3H3,(H,24,27)(H,25,26). The second-order valence-corrected chi connectivity index (χ2v) is 5.90. The molecular formula is C21H24N4O2. The van der Waals surface area contributed by atoms with Gasteiger partial charge in [-0.05, 0) is 43.5 Å². The maximum absolute atomic E-state index is 11.9. The molecule has 0 aliphatic heterocycles. The summed E-state index contributed by atoms with van der Waals surface area (Å²) in [5.41, 5.74) is 3.90. The number of hydrogen-bond donors (Lipinski definition) is 2. The van der Waals surface area contributed by atoms with Crippen molar-refractivity contribution in [2.24, 2.45) is 9.98 Å². The van der Waals surface area contributed by atoms with Crippen molar-refractivity contribution in [1.82, 2.24) is 0 Å². The lowest BCUT2D eigenvalue weighted by Crippen LogP contribution is -2.08. The topological polar surface area (TPSA) is 82.9 Å². The number of hydrogen-bond acceptors (Lipinski definition) is 2. The number of nitrogens with zero attached hydrogens (tertiary/aromatic N) is 2. The van der Waals surface area contributed by atoms with Gasteiger partial charge in [-0.3, -0.25) is 0 Å². The van der Waals surface area contributed by atoms with Crippen molar-refractivity contribution < 1.29 is 9.59 Å². The van der Waals surface area contributed by atoms with Gasteiger partial charge >= 0.3 is 12.1 Å². The molecule has 27 heavy (non-hydrogen) atoms. The van der Waals surface area contributed by atoms with E-state index < -0.39 is 6.03 Å². The molecule has 140 valence electrons. The number of anilines is 2. The molecule has 0 radical (unpaired) electrons. The lowest BCUT2D eigenvalue weighted by atomic mass is 10.0. The summed E-state index contributed by atoms with van der Waals surface area (Å²) in [6, 6.07) is 14.1. The third kappa shape index (κ3) is 6.18. The van der Waals surface area contributed by atoms with Crippen LogP contribution in [0.1, 0.15) is 33.6 Å². The molecule has 2 N–H and O–H groups in total. The van der Waals surface area contributed by atoms with Crippen LogP contribution in [-0.4, -0.2) is 24.0 Å². The third-order valence-electron chi connectivity index (χ3n) is 3.81. The summed E-state index contributed by atoms with van der Waals surface area (Å²) in [5.74, 6) is 0. The highest BCUT2D eigenvalue weighted by atomic mass is 16.2. The van der Waals surface area contributed by atoms with E-state index in [0.29, 0.717) is 17.8 Å². The Kier molecular flexibility index (Phi) is 7.43. The molecule has 2 aromatic rings. The minimum Gasteiger partial charge on any atom is -0.306 e. The van der Waals surface area contributed by atoms with Gasteiger partial charge in [-0.1, -0.05) is 44.2 Å². The SMILES string of the molecule is CCC=NC(=O)Nc1ccccc1-c1ccc(NC(=O)N=C(C)CC)cc1. The van der Waals surface area contributed by atoms with Crippen LogP contribution in [0.25, 0.3) is 11.1 Å². The fourth-order valence-electron chi connectivity index (χ4n) is 2.30. The van der Waals surface area contributed by atoms with Crippen LogP contribution in [0.3, 0.4) is 0 Å². The summed E-state index contributed by atoms with van der Waals surface area (Å²) in [6.07, 6.45) is 3.00. The van der Waals surface area contributed by atoms with Crippen LogP contribution in [0, 0.1) is 0 Å². The summed E-state index contributed by atoms with van der Waals surface area (Å²) >= 11 is 0. The van der Waals surface area contributed by atoms with E-state index in [1.807, 2.05) is 57.2 Å². The number of carbonyl (C=O) groups excluding carboxylic acids is 2. The summed E-state index contributed by atoms with van der Waals surface area (Å²) in [5, 5.41) is 5.53. The van der Waals surface area contributed by atoms with Crippen LogP contribution in [-0.2, 0) is 0 Å². The fourth-order valence-corrected chi connectivity index (χ4v) is 2.30. The lowest BCUT2D eigenvalue weighted by Gasteiger charge is -2.10. The van der Waals surface area contributed by atoms with E-state index in [1.165, 1.54) is 0 Å². The zero-order valence-electron chi connectivity index (χ0n) is 15.8. The second kappa shape index (κ2) is 10.0. The van der Waals surface area contributed by atoms with Gasteiger partial charge in [0.15, 0.2) is 0 Å². The lowest BCUT2D eigenvalue weighted by molar-refractivity contribution is 0.258. The van der Waals surface area contributed by atoms with E-state index in [-0.39, 0.29) is 6.03 Å². The Bertz CT molecular complexity index is 855. The first-order chi connectivity index (χ1) is 13.0. The first-order valence-electron chi connectivity index (χ1n) is 8.91. The minimum absolute atomic E-state index is 0.386. The quantitative estimate of drug-likeness (QED) is 0.660. The Labute approximate surface area is 159 Å². The Hall–Kier alpha value is -3.28. The van der Waals surface area contributed by atoms with Gasteiger partial charge in [-0.2, -0.15) is 0 Å². The first kappa shape index (κ1) is 20.0. The second-order valence-electron chi connectivity index (χ2n) is 5.90. The Balaban J connectivity index is 2.16. The Morgan fingerprint density at radius 3 is 2.33 bits per heavy atom. The molecule has 4 amide bonds. The van der Waals surface area contributed by atoms with Crippen molar-refractivity contribution in [1.29, 1.82) is 0 Å². The number of nitrogens with one attached hydrogen (secondary N) is 2. The molecule has 0 saturated carbocycles. The van der Waals surface area contributed by atoms with Crippen molar-refractivity contribution in [2.45, 2.75) is 33.6 Å². The molecule has 0 aromatic heterocycles. The number of amides is 4. The molecule has 0 aliphatic carbocycles. The number of benzene rings is 2. The summed E-state index contributed by atoms with van der Waals surface area (Å²) in [4.78, 5) is 31.5. The van der Waals surface area contributed by atoms with Gasteiger partial charge in [0.2, 0.25) is 0 Å². The molecule has 2 rings (SSSR count). The van der Waals surface area contributed by atoms with Gasteiger partial charge in [0.1, 0.15) is 0 Å². The van der Waals surface area contributed by atoms with Crippen LogP contribution < -0.4 is 10.6 Å². The molecule has 0 saturated heterocycles. The summed E-state index contributed by atoms with van der Waals surface area (Å²) < 4.78 is 0. The fraction of sp³-hybridized carbons (Fsp3) is 0.238. The van der Waals surface area contributed by atoms with Gasteiger partial charge < -0.3 is 10.6 Å². The van der Waals surface area contributed by atoms with Crippen LogP contribution in [0.5, 0.6) is 0 Å². The maximum atomic E-state index is 11.9. The van der Waals surface area contributed by atoms with Crippen molar-refractivity contribution >= 4 is 35.4 Å². The number of para-hydroxylation sites is 1. The first-order valence-corrected chi connectivity index (χ1v) is 8.91. The highest BCUT2D eigenvalue weighted by Crippen LogP contribution is 2.29. The van der Waals surface area contributed by atoms with Gasteiger partial charge in [-0.25, -0.2) is 19.6 Å². The molecule has 0 unspecified atom stereocenters. The van der Waals surface area contributed by atoms with E-state index in [0.717, 1.165) is 23.3 Å². The van der Waals surface area contributed by atoms with Gasteiger partial charge in [-0.15, -0.1) is 0 Å². The molecule has 2 aromatic carbocycles. The average molecular weight is 364 g/mol. The maximum Gasteiger partial charge on any atom is 0.345 e. The average Bonchev–Trinajstić information content (AvgIpc) is 2.67. The summed E-state index contributed by atoms with van der Waals surface area (Å²) in [7, 11) is 0. The van der Waals surface area contributed by atoms with E-state index in [4.69, 9.17) is 0 Å². The zero-order valence-corrected chi connectivity index (χ0v) is 15.8. The Morgan fingerprint density at radius 1 is 0.963 bits per heavy atom. The molecule has 0 heterocycles. The van der Waals surface area contributed by atoms with E-state index in [1.54, 1.807) is 18.3 Å². The highest BCUT2D eigenvalue weighted by Gasteiger charge is 2.08. The molecule has 0 bridgehead atoms. The van der Waals surface area contributed by atoms with Crippen LogP contribution in [0.4, 0.5) is 21.0 Å². The molecule has 0 atom stereocenters. The molecule has 6 nitrogen and oxygen atoms in total. The predicted octanol–water partition coefficient (Wildman–Crippen LogP) is 5.77. The van der Waals surface area contributed by atoms with E-state index in [2.05, 4.69) is 20.6 Å². The van der Waals surface area contributed by atoms with Gasteiger partial charge in [0.25, 0.3) is 0 Å². The van der Waals surface area contributed by atoms with Crippen molar-refractivity contribution in [3.63, 3.8) is 0 Å². The van der Waals surface area contributed by atoms with Gasteiger partial charge in [0, 0.05) is 23.2 Å². The van der Waals surface area contributed by atoms with Crippen LogP contribution in [0.15, 0.2) is 58.5 Å². The molecule has 0 fully saturated rings. The molecule has 6 heteroatoms. The van der Waals surface area contributed by atoms with Crippen molar-refractivity contribution in [3.05, 3.63) is 48.5 Å². The number of rotatable bonds is 5. The van der Waals surface area contributed by atoms with E-state index >= 15 is 0 Å². The molecule has 0 spiro atoms. The van der Waals surface area contributed by atoms with Crippen molar-refractivity contribution in [2.75, 3.05) is 10.6 Å². The number of urea groups is 2. The number of aliphatic imine (C=N–C) groups is 2. The zero-order chi connectivity index (χ0) is 19.6. The van der Waals surface area contributed by atoms with Gasteiger partial charge in [0.05, 0.1) is 5.69 Å². The predicted molar refractivity (Wildman–Crippen MR) is 112 cm³/mol. The van der Waals surface area contributed by atoms with E-state index in [9.17, 15) is 9.59 Å². The smallest absolute Gasteiger partial charge is 0.306 e. The van der Waals surface area contributed by atoms with Crippen LogP contribution >= 0.6 is 0 Å². The molecular weight excluding hydrogens is 340 g/mol. The minimum atomic E-state index is -0.405. The third-order valence-corrected chi connectivity index (χ3v) is 3.81. The van der Waals surface area contributed by atoms with Crippen molar-refractivity contribution in [3.8, 4) is 11.1 Å². The highest BCUT2D eigenvalue weighted by molar-refractivity contribution is 6.00. The summed E-state index contributed by atoms with van der Waals surface area (Å²) in [6.45, 7) is 5.68.